The topological polar surface area (TPSA) is 83.4 Å². The van der Waals surface area contributed by atoms with Crippen LogP contribution in [0.1, 0.15) is 23.6 Å². The molecule has 0 spiro atoms. The summed E-state index contributed by atoms with van der Waals surface area (Å²) >= 11 is 0. The summed E-state index contributed by atoms with van der Waals surface area (Å²) in [5.74, 6) is -0.607. The van der Waals surface area contributed by atoms with Gasteiger partial charge in [-0.25, -0.2) is 9.18 Å². The van der Waals surface area contributed by atoms with E-state index in [0.29, 0.717) is 31.7 Å². The van der Waals surface area contributed by atoms with E-state index in [0.717, 1.165) is 17.7 Å². The highest BCUT2D eigenvalue weighted by Crippen LogP contribution is 2.34. The molecule has 5 rings (SSSR count). The van der Waals surface area contributed by atoms with Gasteiger partial charge in [0.1, 0.15) is 11.9 Å². The van der Waals surface area contributed by atoms with Gasteiger partial charge in [0.05, 0.1) is 0 Å². The summed E-state index contributed by atoms with van der Waals surface area (Å²) in [6, 6.07) is 19.2. The Balaban J connectivity index is 1.32. The molecule has 0 saturated carbocycles. The lowest BCUT2D eigenvalue weighted by atomic mass is 9.83. The Kier molecular flexibility index (Phi) is 6.35. The van der Waals surface area contributed by atoms with E-state index in [1.165, 1.54) is 18.2 Å². The van der Waals surface area contributed by atoms with Crippen LogP contribution in [0.15, 0.2) is 77.6 Å². The molecule has 2 unspecified atom stereocenters. The standard InChI is InChI=1S/C27H27FN4O3/c28-21-8-4-9-22(14-21)29-26(34)23(13-18-6-2-1-3-7-18)30-27(35)31-15-19-12-20(17-31)24-10-5-11-25(33)32(24)16-19/h1-11,14,19-20,23H,12-13,15-17H2,(H,29,34)(H,30,35)/t19?,20?,23-/m0/s1. The summed E-state index contributed by atoms with van der Waals surface area (Å²) in [7, 11) is 0. The third-order valence-corrected chi connectivity index (χ3v) is 6.76. The number of carbonyl (C=O) groups excluding carboxylic acids is 2. The first-order valence-corrected chi connectivity index (χ1v) is 11.8. The summed E-state index contributed by atoms with van der Waals surface area (Å²) in [4.78, 5) is 40.5. The Morgan fingerprint density at radius 3 is 2.57 bits per heavy atom. The number of pyridine rings is 1. The number of piperidine rings is 1. The number of urea groups is 1. The molecule has 1 aromatic heterocycles. The number of hydrogen-bond acceptors (Lipinski definition) is 3. The maximum absolute atomic E-state index is 13.6. The summed E-state index contributed by atoms with van der Waals surface area (Å²) in [5.41, 5.74) is 2.18. The zero-order valence-corrected chi connectivity index (χ0v) is 19.2. The quantitative estimate of drug-likeness (QED) is 0.595. The van der Waals surface area contributed by atoms with E-state index in [2.05, 4.69) is 10.6 Å². The molecular formula is C27H27FN4O3. The lowest BCUT2D eigenvalue weighted by Gasteiger charge is -2.43. The third-order valence-electron chi connectivity index (χ3n) is 6.76. The number of nitrogens with zero attached hydrogens (tertiary/aromatic N) is 2. The van der Waals surface area contributed by atoms with Gasteiger partial charge in [-0.2, -0.15) is 0 Å². The van der Waals surface area contributed by atoms with E-state index >= 15 is 0 Å². The van der Waals surface area contributed by atoms with Gasteiger partial charge in [-0.3, -0.25) is 9.59 Å². The number of fused-ring (bicyclic) bond motifs is 4. The molecule has 2 aromatic carbocycles. The van der Waals surface area contributed by atoms with Gasteiger partial charge >= 0.3 is 6.03 Å². The number of rotatable bonds is 5. The van der Waals surface area contributed by atoms with Crippen molar-refractivity contribution < 1.29 is 14.0 Å². The van der Waals surface area contributed by atoms with Crippen LogP contribution in [0.25, 0.3) is 0 Å². The highest BCUT2D eigenvalue weighted by atomic mass is 19.1. The van der Waals surface area contributed by atoms with E-state index in [1.807, 2.05) is 41.0 Å². The molecule has 0 radical (unpaired) electrons. The van der Waals surface area contributed by atoms with Crippen LogP contribution < -0.4 is 16.2 Å². The van der Waals surface area contributed by atoms with Crippen LogP contribution in [-0.4, -0.2) is 40.5 Å². The van der Waals surface area contributed by atoms with Gasteiger partial charge in [0.25, 0.3) is 5.56 Å². The second kappa shape index (κ2) is 9.74. The van der Waals surface area contributed by atoms with Crippen molar-refractivity contribution >= 4 is 17.6 Å². The third kappa shape index (κ3) is 5.11. The molecule has 180 valence electrons. The van der Waals surface area contributed by atoms with Crippen LogP contribution in [-0.2, 0) is 17.8 Å². The Morgan fingerprint density at radius 2 is 1.77 bits per heavy atom. The largest absolute Gasteiger partial charge is 0.326 e. The Bertz CT molecular complexity index is 1290. The van der Waals surface area contributed by atoms with Crippen molar-refractivity contribution in [2.75, 3.05) is 18.4 Å². The number of benzene rings is 2. The summed E-state index contributed by atoms with van der Waals surface area (Å²) in [6.07, 6.45) is 1.23. The van der Waals surface area contributed by atoms with E-state index in [1.54, 1.807) is 23.1 Å². The second-order valence-corrected chi connectivity index (χ2v) is 9.29. The smallest absolute Gasteiger partial charge is 0.318 e. The molecule has 35 heavy (non-hydrogen) atoms. The minimum absolute atomic E-state index is 0.00736. The molecule has 2 aliphatic heterocycles. The van der Waals surface area contributed by atoms with Crippen LogP contribution in [0.5, 0.6) is 0 Å². The van der Waals surface area contributed by atoms with Gasteiger partial charge < -0.3 is 20.1 Å². The van der Waals surface area contributed by atoms with Crippen molar-refractivity contribution in [3.8, 4) is 0 Å². The van der Waals surface area contributed by atoms with Gasteiger partial charge in [0.15, 0.2) is 0 Å². The Hall–Kier alpha value is -3.94. The summed E-state index contributed by atoms with van der Waals surface area (Å²) in [5, 5.41) is 5.63. The molecule has 3 heterocycles. The van der Waals surface area contributed by atoms with E-state index < -0.39 is 17.8 Å². The van der Waals surface area contributed by atoms with Crippen molar-refractivity contribution in [2.24, 2.45) is 5.92 Å². The minimum Gasteiger partial charge on any atom is -0.326 e. The maximum Gasteiger partial charge on any atom is 0.318 e. The molecule has 2 bridgehead atoms. The normalized spacial score (nSPS) is 19.4. The van der Waals surface area contributed by atoms with Crippen molar-refractivity contribution in [3.63, 3.8) is 0 Å². The predicted molar refractivity (Wildman–Crippen MR) is 131 cm³/mol. The van der Waals surface area contributed by atoms with E-state index in [9.17, 15) is 18.8 Å². The molecule has 7 nitrogen and oxygen atoms in total. The zero-order valence-electron chi connectivity index (χ0n) is 19.2. The summed E-state index contributed by atoms with van der Waals surface area (Å²) in [6.45, 7) is 1.59. The van der Waals surface area contributed by atoms with E-state index in [-0.39, 0.29) is 23.4 Å². The molecule has 8 heteroatoms. The van der Waals surface area contributed by atoms with E-state index in [4.69, 9.17) is 0 Å². The van der Waals surface area contributed by atoms with Crippen LogP contribution in [0.2, 0.25) is 0 Å². The average molecular weight is 475 g/mol. The lowest BCUT2D eigenvalue weighted by molar-refractivity contribution is -0.118. The maximum atomic E-state index is 13.6. The minimum atomic E-state index is -0.843. The van der Waals surface area contributed by atoms with Crippen LogP contribution in [0.4, 0.5) is 14.9 Å². The first-order chi connectivity index (χ1) is 17.0. The molecule has 2 N–H and O–H groups in total. The fraction of sp³-hybridized carbons (Fsp3) is 0.296. The predicted octanol–water partition coefficient (Wildman–Crippen LogP) is 3.37. The van der Waals surface area contributed by atoms with Gasteiger partial charge in [0.2, 0.25) is 5.91 Å². The van der Waals surface area contributed by atoms with Crippen molar-refractivity contribution in [1.29, 1.82) is 0 Å². The first kappa shape index (κ1) is 22.8. The fourth-order valence-electron chi connectivity index (χ4n) is 5.16. The highest BCUT2D eigenvalue weighted by Gasteiger charge is 2.37. The van der Waals surface area contributed by atoms with Gasteiger partial charge in [0, 0.05) is 49.4 Å². The van der Waals surface area contributed by atoms with Crippen LogP contribution in [0.3, 0.4) is 0 Å². The molecule has 3 atom stereocenters. The SMILES string of the molecule is O=C(Nc1cccc(F)c1)[C@H](Cc1ccccc1)NC(=O)N1CC2CC(C1)c1cccc(=O)n1C2. The molecule has 1 fully saturated rings. The Labute approximate surface area is 202 Å². The lowest BCUT2D eigenvalue weighted by Crippen LogP contribution is -2.55. The number of aromatic nitrogens is 1. The molecule has 0 aliphatic carbocycles. The molecular weight excluding hydrogens is 447 g/mol. The van der Waals surface area contributed by atoms with Crippen LogP contribution >= 0.6 is 0 Å². The zero-order chi connectivity index (χ0) is 24.4. The van der Waals surface area contributed by atoms with Gasteiger partial charge in [-0.1, -0.05) is 42.5 Å². The Morgan fingerprint density at radius 1 is 0.971 bits per heavy atom. The van der Waals surface area contributed by atoms with Crippen molar-refractivity contribution in [2.45, 2.75) is 31.3 Å². The van der Waals surface area contributed by atoms with Gasteiger partial charge in [-0.05, 0) is 42.2 Å². The number of hydrogen-bond donors (Lipinski definition) is 2. The molecule has 2 aliphatic rings. The van der Waals surface area contributed by atoms with Crippen LogP contribution in [0, 0.1) is 11.7 Å². The number of amides is 3. The molecule has 3 aromatic rings. The van der Waals surface area contributed by atoms with Gasteiger partial charge in [-0.15, -0.1) is 0 Å². The number of carbonyl (C=O) groups is 2. The molecule has 3 amide bonds. The first-order valence-electron chi connectivity index (χ1n) is 11.8. The number of likely N-dealkylation sites (tertiary alicyclic amines) is 1. The van der Waals surface area contributed by atoms with Crippen molar-refractivity contribution in [1.82, 2.24) is 14.8 Å². The fourth-order valence-corrected chi connectivity index (χ4v) is 5.16. The number of anilines is 1. The summed E-state index contributed by atoms with van der Waals surface area (Å²) < 4.78 is 15.4. The number of halogens is 1. The average Bonchev–Trinajstić information content (AvgIpc) is 2.85. The number of nitrogens with one attached hydrogen (secondary N) is 2. The second-order valence-electron chi connectivity index (χ2n) is 9.29. The molecule has 1 saturated heterocycles. The monoisotopic (exact) mass is 474 g/mol. The highest BCUT2D eigenvalue weighted by molar-refractivity contribution is 5.97. The van der Waals surface area contributed by atoms with Crippen molar-refractivity contribution in [3.05, 3.63) is 100 Å².